The number of ether oxygens (including phenoxy) is 4. The maximum Gasteiger partial charge on any atom is 0.391 e. The monoisotopic (exact) mass is 763 g/mol. The number of nitrogens with one attached hydrogen (secondary N) is 1. The first kappa shape index (κ1) is 37.8. The Bertz CT molecular complexity index is 2000. The summed E-state index contributed by atoms with van der Waals surface area (Å²) in [7, 11) is 1.32. The normalized spacial score (nSPS) is 25.7. The molecule has 0 spiro atoms. The summed E-state index contributed by atoms with van der Waals surface area (Å²) in [5.74, 6) is -0.0242. The summed E-state index contributed by atoms with van der Waals surface area (Å²) in [6.45, 7) is -4.74. The van der Waals surface area contributed by atoms with Gasteiger partial charge < -0.3 is 34.9 Å². The second-order valence-electron chi connectivity index (χ2n) is 11.8. The van der Waals surface area contributed by atoms with Crippen LogP contribution < -0.4 is 17.0 Å². The Hall–Kier alpha value is -3.98. The third-order valence-electron chi connectivity index (χ3n) is 8.37. The summed E-state index contributed by atoms with van der Waals surface area (Å²) < 4.78 is 52.2. The zero-order valence-electron chi connectivity index (χ0n) is 27.8. The molecule has 280 valence electrons. The van der Waals surface area contributed by atoms with Gasteiger partial charge in [0.1, 0.15) is 42.5 Å². The van der Waals surface area contributed by atoms with E-state index in [9.17, 15) is 29.2 Å². The van der Waals surface area contributed by atoms with Gasteiger partial charge in [-0.25, -0.2) is 29.1 Å². The number of anilines is 1. The van der Waals surface area contributed by atoms with Gasteiger partial charge >= 0.3 is 18.5 Å². The van der Waals surface area contributed by atoms with Gasteiger partial charge in [-0.15, -0.1) is 0 Å². The summed E-state index contributed by atoms with van der Waals surface area (Å²) in [5, 5.41) is 21.3. The van der Waals surface area contributed by atoms with Crippen LogP contribution in [0.15, 0.2) is 64.8 Å². The molecule has 0 amide bonds. The lowest BCUT2D eigenvalue weighted by atomic mass is 10.1. The molecule has 21 heteroatoms. The minimum absolute atomic E-state index is 0.0100. The lowest BCUT2D eigenvalue weighted by Gasteiger charge is -2.29. The van der Waals surface area contributed by atoms with Crippen molar-refractivity contribution < 1.29 is 47.6 Å². The van der Waals surface area contributed by atoms with Gasteiger partial charge in [-0.2, -0.15) is 0 Å². The van der Waals surface area contributed by atoms with E-state index in [2.05, 4.69) is 19.9 Å². The van der Waals surface area contributed by atoms with E-state index in [1.165, 1.54) is 26.0 Å². The second kappa shape index (κ2) is 16.8. The first-order valence-electron chi connectivity index (χ1n) is 16.3. The molecule has 0 bridgehead atoms. The van der Waals surface area contributed by atoms with Crippen LogP contribution in [0.25, 0.3) is 11.2 Å². The number of nitrogens with two attached hydrogens (primary N) is 1. The number of carbonyl (C=O) groups is 1. The molecule has 0 radical (unpaired) electrons. The number of methoxy groups -OCH3 is 1. The van der Waals surface area contributed by atoms with E-state index in [4.69, 9.17) is 33.7 Å². The Morgan fingerprint density at radius 1 is 1.08 bits per heavy atom. The highest BCUT2D eigenvalue weighted by Crippen LogP contribution is 2.64. The van der Waals surface area contributed by atoms with Crippen LogP contribution in [0.2, 0.25) is 0 Å². The van der Waals surface area contributed by atoms with E-state index in [0.717, 1.165) is 22.0 Å². The topological polar surface area (TPSA) is 254 Å². The van der Waals surface area contributed by atoms with Crippen molar-refractivity contribution in [3.05, 3.63) is 81.7 Å². The summed E-state index contributed by atoms with van der Waals surface area (Å²) in [6.07, 6.45) is -2.66. The largest absolute Gasteiger partial charge is 0.462 e. The quantitative estimate of drug-likeness (QED) is 0.0720. The summed E-state index contributed by atoms with van der Waals surface area (Å²) in [4.78, 5) is 51.1. The van der Waals surface area contributed by atoms with Gasteiger partial charge in [-0.1, -0.05) is 18.2 Å². The van der Waals surface area contributed by atoms with Gasteiger partial charge in [-0.05, 0) is 42.8 Å². The molecule has 0 saturated carbocycles. The molecule has 52 heavy (non-hydrogen) atoms. The number of aromatic amines is 1. The SMILES string of the molecule is CO[C@H]1C(OP(=O)(O[C@H]2O[C@@H](n3cnc4c(N)ncnc43)C[C@H]2O)SCCCCCOC(=O)c2ccccc2)[C@@H](CO)O[C@H]1n1ccc(=O)[nH]c1=O. The summed E-state index contributed by atoms with van der Waals surface area (Å²) in [5.41, 5.74) is 5.63. The number of fused-ring (bicyclic) bond motifs is 1. The van der Waals surface area contributed by atoms with Crippen LogP contribution in [0.5, 0.6) is 0 Å². The molecule has 4 aromatic rings. The minimum atomic E-state index is -4.30. The predicted octanol–water partition coefficient (Wildman–Crippen LogP) is 1.74. The highest BCUT2D eigenvalue weighted by atomic mass is 32.7. The van der Waals surface area contributed by atoms with Gasteiger partial charge in [0.15, 0.2) is 24.0 Å². The number of aliphatic hydroxyl groups is 2. The zero-order chi connectivity index (χ0) is 36.8. The molecular weight excluding hydrogens is 725 g/mol. The molecule has 2 aliphatic rings. The van der Waals surface area contributed by atoms with Crippen molar-refractivity contribution in [2.24, 2.45) is 0 Å². The molecule has 1 aromatic carbocycles. The molecular formula is C31H38N7O12PS. The molecule has 3 aromatic heterocycles. The molecule has 19 nitrogen and oxygen atoms in total. The number of hydrogen-bond acceptors (Lipinski definition) is 17. The van der Waals surface area contributed by atoms with E-state index < -0.39 is 73.8 Å². The number of nitrogen functional groups attached to an aromatic ring is 1. The highest BCUT2D eigenvalue weighted by Gasteiger charge is 2.52. The molecule has 0 aliphatic carbocycles. The molecule has 5 heterocycles. The molecule has 2 fully saturated rings. The molecule has 5 N–H and O–H groups in total. The van der Waals surface area contributed by atoms with Gasteiger partial charge in [-0.3, -0.25) is 28.0 Å². The Balaban J connectivity index is 1.16. The standard InChI is InChI=1S/C31H38N7O12PS/c1-45-25-24(20(15-39)47-28(25)37-11-10-21(41)36-31(37)43)49-51(44,52-13-7-3-6-12-46-29(42)18-8-4-2-5-9-18)50-30-19(40)14-22(48-30)38-17-35-23-26(32)33-16-34-27(23)38/h2,4-5,8-11,16-17,19-20,22,24-25,28,30,39-40H,3,6-7,12-15H2,1H3,(H2,32,33,34)(H,36,41,43)/t19-,20-,22-,24?,25+,28-,30-,51?/m1/s1. The fourth-order valence-electron chi connectivity index (χ4n) is 5.80. The van der Waals surface area contributed by atoms with Crippen LogP contribution in [0, 0.1) is 0 Å². The van der Waals surface area contributed by atoms with E-state index in [-0.39, 0.29) is 24.6 Å². The van der Waals surface area contributed by atoms with Crippen molar-refractivity contribution in [1.29, 1.82) is 0 Å². The van der Waals surface area contributed by atoms with Crippen molar-refractivity contribution in [1.82, 2.24) is 29.1 Å². The molecule has 6 rings (SSSR count). The van der Waals surface area contributed by atoms with Crippen molar-refractivity contribution in [2.45, 2.75) is 68.8 Å². The fraction of sp³-hybridized carbons (Fsp3) is 0.484. The van der Waals surface area contributed by atoms with Gasteiger partial charge in [0.25, 0.3) is 5.56 Å². The number of unbranched alkanes of at least 4 members (excludes halogenated alkanes) is 2. The Morgan fingerprint density at radius 3 is 2.63 bits per heavy atom. The van der Waals surface area contributed by atoms with Crippen LogP contribution in [-0.2, 0) is 32.6 Å². The van der Waals surface area contributed by atoms with Gasteiger partial charge in [0.2, 0.25) is 0 Å². The van der Waals surface area contributed by atoms with E-state index >= 15 is 0 Å². The predicted molar refractivity (Wildman–Crippen MR) is 184 cm³/mol. The summed E-state index contributed by atoms with van der Waals surface area (Å²) >= 11 is 0.838. The minimum Gasteiger partial charge on any atom is -0.462 e. The first-order valence-corrected chi connectivity index (χ1v) is 19.4. The van der Waals surface area contributed by atoms with Gasteiger partial charge in [0, 0.05) is 31.5 Å². The number of H-pyrrole nitrogens is 1. The van der Waals surface area contributed by atoms with Gasteiger partial charge in [0.05, 0.1) is 25.1 Å². The fourth-order valence-corrected chi connectivity index (χ4v) is 9.50. The summed E-state index contributed by atoms with van der Waals surface area (Å²) in [6, 6.07) is 9.74. The Morgan fingerprint density at radius 2 is 1.88 bits per heavy atom. The average Bonchev–Trinajstić information content (AvgIpc) is 3.83. The maximum absolute atomic E-state index is 14.6. The zero-order valence-corrected chi connectivity index (χ0v) is 29.5. The number of aliphatic hydroxyl groups excluding tert-OH is 2. The molecule has 2 saturated heterocycles. The van der Waals surface area contributed by atoms with Crippen molar-refractivity contribution >= 4 is 41.1 Å². The smallest absolute Gasteiger partial charge is 0.391 e. The lowest BCUT2D eigenvalue weighted by Crippen LogP contribution is -2.40. The average molecular weight is 764 g/mol. The number of nitrogens with zero attached hydrogens (tertiary/aromatic N) is 5. The number of carbonyl (C=O) groups excluding carboxylic acids is 1. The number of imidazole rings is 1. The Kier molecular flexibility index (Phi) is 12.2. The number of aromatic nitrogens is 6. The Labute approximate surface area is 299 Å². The van der Waals surface area contributed by atoms with Crippen LogP contribution in [0.3, 0.4) is 0 Å². The highest BCUT2D eigenvalue weighted by molar-refractivity contribution is 8.55. The second-order valence-corrected chi connectivity index (χ2v) is 15.9. The number of benzene rings is 1. The van der Waals surface area contributed by atoms with E-state index in [0.29, 0.717) is 36.0 Å². The van der Waals surface area contributed by atoms with Crippen LogP contribution in [0.1, 0.15) is 48.5 Å². The van der Waals surface area contributed by atoms with Crippen molar-refractivity contribution in [3.63, 3.8) is 0 Å². The van der Waals surface area contributed by atoms with Crippen LogP contribution in [0.4, 0.5) is 5.82 Å². The molecule has 2 unspecified atom stereocenters. The third kappa shape index (κ3) is 8.46. The van der Waals surface area contributed by atoms with E-state index in [1.807, 2.05) is 0 Å². The molecule has 8 atom stereocenters. The molecule has 2 aliphatic heterocycles. The maximum atomic E-state index is 14.6. The van der Waals surface area contributed by atoms with Crippen molar-refractivity contribution in [2.75, 3.05) is 31.8 Å². The van der Waals surface area contributed by atoms with Crippen LogP contribution in [-0.4, -0.2) is 102 Å². The van der Waals surface area contributed by atoms with E-state index in [1.54, 1.807) is 34.9 Å². The third-order valence-corrected chi connectivity index (χ3v) is 12.1. The number of esters is 1. The first-order chi connectivity index (χ1) is 25.1. The van der Waals surface area contributed by atoms with Crippen molar-refractivity contribution in [3.8, 4) is 0 Å². The van der Waals surface area contributed by atoms with Crippen LogP contribution >= 0.6 is 18.2 Å². The lowest BCUT2D eigenvalue weighted by molar-refractivity contribution is -0.131. The number of rotatable bonds is 16. The number of hydrogen-bond donors (Lipinski definition) is 4.